The molecule has 1 heterocycles. The SMILES string of the molecule is [c]1ccc(OCCN2CCCCCC2)cc1. The van der Waals surface area contributed by atoms with Crippen LogP contribution in [0.2, 0.25) is 0 Å². The number of nitrogens with zero attached hydrogens (tertiary/aromatic N) is 1. The molecule has 1 aromatic carbocycles. The van der Waals surface area contributed by atoms with Gasteiger partial charge in [0.2, 0.25) is 0 Å². The third-order valence-electron chi connectivity index (χ3n) is 3.06. The smallest absolute Gasteiger partial charge is 0.119 e. The molecule has 1 saturated heterocycles. The quantitative estimate of drug-likeness (QED) is 0.770. The van der Waals surface area contributed by atoms with Crippen LogP contribution >= 0.6 is 0 Å². The summed E-state index contributed by atoms with van der Waals surface area (Å²) in [5, 5.41) is 0. The number of hydrogen-bond donors (Lipinski definition) is 0. The zero-order valence-electron chi connectivity index (χ0n) is 9.82. The first-order chi connectivity index (χ1) is 7.95. The zero-order chi connectivity index (χ0) is 11.1. The van der Waals surface area contributed by atoms with Crippen molar-refractivity contribution in [3.8, 4) is 5.75 Å². The summed E-state index contributed by atoms with van der Waals surface area (Å²) in [7, 11) is 0. The Morgan fingerprint density at radius 2 is 1.75 bits per heavy atom. The third kappa shape index (κ3) is 3.86. The van der Waals surface area contributed by atoms with E-state index in [2.05, 4.69) is 11.0 Å². The lowest BCUT2D eigenvalue weighted by Crippen LogP contribution is -2.29. The monoisotopic (exact) mass is 218 g/mol. The first kappa shape index (κ1) is 11.5. The standard InChI is InChI=1S/C14H20NO/c1-2-7-11-15(10-6-1)12-13-16-14-8-4-3-5-9-14/h4-5,8-9H,1-2,6-7,10-13H2. The van der Waals surface area contributed by atoms with Crippen molar-refractivity contribution in [3.05, 3.63) is 30.3 Å². The minimum atomic E-state index is 0.796. The molecule has 0 aromatic heterocycles. The molecule has 1 aliphatic rings. The van der Waals surface area contributed by atoms with Gasteiger partial charge < -0.3 is 4.74 Å². The molecule has 0 unspecified atom stereocenters. The highest BCUT2D eigenvalue weighted by molar-refractivity contribution is 5.20. The van der Waals surface area contributed by atoms with E-state index in [1.54, 1.807) is 0 Å². The fraction of sp³-hybridized carbons (Fsp3) is 0.571. The first-order valence-electron chi connectivity index (χ1n) is 6.26. The van der Waals surface area contributed by atoms with Crippen molar-refractivity contribution in [3.63, 3.8) is 0 Å². The van der Waals surface area contributed by atoms with E-state index in [0.29, 0.717) is 0 Å². The highest BCUT2D eigenvalue weighted by Gasteiger charge is 2.08. The Labute approximate surface area is 98.2 Å². The number of benzene rings is 1. The molecular weight excluding hydrogens is 198 g/mol. The Bertz CT molecular complexity index is 278. The van der Waals surface area contributed by atoms with Crippen molar-refractivity contribution in [2.45, 2.75) is 25.7 Å². The van der Waals surface area contributed by atoms with Crippen LogP contribution in [0.5, 0.6) is 5.75 Å². The van der Waals surface area contributed by atoms with Crippen molar-refractivity contribution >= 4 is 0 Å². The van der Waals surface area contributed by atoms with Gasteiger partial charge in [0.15, 0.2) is 0 Å². The Kier molecular flexibility index (Phi) is 4.69. The van der Waals surface area contributed by atoms with Gasteiger partial charge in [-0.25, -0.2) is 0 Å². The van der Waals surface area contributed by atoms with Gasteiger partial charge in [-0.15, -0.1) is 0 Å². The van der Waals surface area contributed by atoms with E-state index in [4.69, 9.17) is 4.74 Å². The van der Waals surface area contributed by atoms with Crippen LogP contribution < -0.4 is 4.74 Å². The Morgan fingerprint density at radius 1 is 1.06 bits per heavy atom. The average molecular weight is 218 g/mol. The second kappa shape index (κ2) is 6.54. The van der Waals surface area contributed by atoms with Crippen LogP contribution in [-0.4, -0.2) is 31.1 Å². The van der Waals surface area contributed by atoms with Crippen molar-refractivity contribution in [2.75, 3.05) is 26.2 Å². The summed E-state index contributed by atoms with van der Waals surface area (Å²) >= 11 is 0. The first-order valence-corrected chi connectivity index (χ1v) is 6.26. The second-order valence-electron chi connectivity index (χ2n) is 4.34. The van der Waals surface area contributed by atoms with Gasteiger partial charge in [-0.3, -0.25) is 4.90 Å². The maximum atomic E-state index is 5.69. The van der Waals surface area contributed by atoms with Crippen LogP contribution in [-0.2, 0) is 0 Å². The second-order valence-corrected chi connectivity index (χ2v) is 4.34. The van der Waals surface area contributed by atoms with Gasteiger partial charge in [0, 0.05) is 6.54 Å². The largest absolute Gasteiger partial charge is 0.492 e. The Balaban J connectivity index is 1.67. The van der Waals surface area contributed by atoms with Crippen molar-refractivity contribution in [1.82, 2.24) is 4.90 Å². The molecule has 1 aliphatic heterocycles. The van der Waals surface area contributed by atoms with E-state index in [9.17, 15) is 0 Å². The maximum absolute atomic E-state index is 5.69. The highest BCUT2D eigenvalue weighted by Crippen LogP contribution is 2.10. The Hall–Kier alpha value is -1.02. The van der Waals surface area contributed by atoms with Gasteiger partial charge in [-0.05, 0) is 44.1 Å². The van der Waals surface area contributed by atoms with Gasteiger partial charge in [0.25, 0.3) is 0 Å². The molecule has 0 amide bonds. The maximum Gasteiger partial charge on any atom is 0.119 e. The molecule has 2 nitrogen and oxygen atoms in total. The summed E-state index contributed by atoms with van der Waals surface area (Å²) in [5.74, 6) is 0.952. The minimum absolute atomic E-state index is 0.796. The zero-order valence-corrected chi connectivity index (χ0v) is 9.82. The molecule has 0 atom stereocenters. The van der Waals surface area contributed by atoms with Gasteiger partial charge in [-0.2, -0.15) is 0 Å². The summed E-state index contributed by atoms with van der Waals surface area (Å²) in [6.07, 6.45) is 5.48. The van der Waals surface area contributed by atoms with Crippen molar-refractivity contribution < 1.29 is 4.74 Å². The summed E-state index contributed by atoms with van der Waals surface area (Å²) in [6.45, 7) is 4.33. The van der Waals surface area contributed by atoms with Crippen LogP contribution in [0.1, 0.15) is 25.7 Å². The topological polar surface area (TPSA) is 12.5 Å². The summed E-state index contributed by atoms with van der Waals surface area (Å²) in [5.41, 5.74) is 0. The van der Waals surface area contributed by atoms with Crippen LogP contribution in [0.25, 0.3) is 0 Å². The van der Waals surface area contributed by atoms with Gasteiger partial charge in [0.05, 0.1) is 0 Å². The molecule has 16 heavy (non-hydrogen) atoms. The Morgan fingerprint density at radius 3 is 2.44 bits per heavy atom. The number of rotatable bonds is 4. The molecule has 1 fully saturated rings. The molecule has 2 rings (SSSR count). The number of likely N-dealkylation sites (tertiary alicyclic amines) is 1. The number of hydrogen-bond acceptors (Lipinski definition) is 2. The van der Waals surface area contributed by atoms with Gasteiger partial charge in [-0.1, -0.05) is 25.0 Å². The third-order valence-corrected chi connectivity index (χ3v) is 3.06. The van der Waals surface area contributed by atoms with Crippen LogP contribution in [0, 0.1) is 6.07 Å². The van der Waals surface area contributed by atoms with E-state index < -0.39 is 0 Å². The van der Waals surface area contributed by atoms with Crippen molar-refractivity contribution in [1.29, 1.82) is 0 Å². The summed E-state index contributed by atoms with van der Waals surface area (Å²) in [4.78, 5) is 2.52. The lowest BCUT2D eigenvalue weighted by Gasteiger charge is -2.19. The molecular formula is C14H20NO. The summed E-state index contributed by atoms with van der Waals surface area (Å²) < 4.78 is 5.69. The molecule has 0 aliphatic carbocycles. The average Bonchev–Trinajstić information content (AvgIpc) is 2.59. The molecule has 2 heteroatoms. The summed E-state index contributed by atoms with van der Waals surface area (Å²) in [6, 6.07) is 10.7. The molecule has 1 radical (unpaired) electrons. The molecule has 0 spiro atoms. The lowest BCUT2D eigenvalue weighted by molar-refractivity contribution is 0.214. The van der Waals surface area contributed by atoms with Gasteiger partial charge >= 0.3 is 0 Å². The molecule has 1 aromatic rings. The highest BCUT2D eigenvalue weighted by atomic mass is 16.5. The molecule has 87 valence electrons. The van der Waals surface area contributed by atoms with Gasteiger partial charge in [0.1, 0.15) is 12.4 Å². The van der Waals surface area contributed by atoms with Crippen molar-refractivity contribution in [2.24, 2.45) is 0 Å². The fourth-order valence-electron chi connectivity index (χ4n) is 2.12. The van der Waals surface area contributed by atoms with Crippen LogP contribution in [0.3, 0.4) is 0 Å². The molecule has 0 N–H and O–H groups in total. The normalized spacial score (nSPS) is 18.0. The van der Waals surface area contributed by atoms with Crippen LogP contribution in [0.4, 0.5) is 0 Å². The number of ether oxygens (including phenoxy) is 1. The minimum Gasteiger partial charge on any atom is -0.492 e. The fourth-order valence-corrected chi connectivity index (χ4v) is 2.12. The lowest BCUT2D eigenvalue weighted by atomic mass is 10.2. The predicted octanol–water partition coefficient (Wildman–Crippen LogP) is 2.74. The molecule has 0 bridgehead atoms. The van der Waals surface area contributed by atoms with Crippen LogP contribution in [0.15, 0.2) is 24.3 Å². The van der Waals surface area contributed by atoms with E-state index in [0.717, 1.165) is 18.9 Å². The molecule has 0 saturated carbocycles. The van der Waals surface area contributed by atoms with E-state index in [1.165, 1.54) is 38.8 Å². The predicted molar refractivity (Wildman–Crippen MR) is 65.7 cm³/mol. The van der Waals surface area contributed by atoms with E-state index in [1.807, 2.05) is 24.3 Å². The van der Waals surface area contributed by atoms with E-state index in [-0.39, 0.29) is 0 Å². The van der Waals surface area contributed by atoms with E-state index >= 15 is 0 Å².